The second kappa shape index (κ2) is 4.62. The maximum absolute atomic E-state index is 4.64. The van der Waals surface area contributed by atoms with Gasteiger partial charge in [0.05, 0.1) is 0 Å². The maximum atomic E-state index is 4.64. The van der Waals surface area contributed by atoms with Gasteiger partial charge in [-0.1, -0.05) is 37.3 Å². The first-order chi connectivity index (χ1) is 9.20. The van der Waals surface area contributed by atoms with E-state index in [4.69, 9.17) is 0 Å². The summed E-state index contributed by atoms with van der Waals surface area (Å²) in [6, 6.07) is 8.13. The Bertz CT molecular complexity index is 713. The molecule has 0 amide bonds. The summed E-state index contributed by atoms with van der Waals surface area (Å²) in [6.07, 6.45) is 0. The van der Waals surface area contributed by atoms with Crippen molar-refractivity contribution < 1.29 is 0 Å². The summed E-state index contributed by atoms with van der Waals surface area (Å²) in [5.41, 5.74) is 2.16. The number of fused-ring (bicyclic) bond motifs is 1. The van der Waals surface area contributed by atoms with E-state index in [0.717, 1.165) is 27.0 Å². The van der Waals surface area contributed by atoms with Crippen LogP contribution in [-0.2, 0) is 0 Å². The number of nitrogens with zero attached hydrogens (tertiary/aromatic N) is 4. The third-order valence-corrected chi connectivity index (χ3v) is 3.89. The second-order valence-electron chi connectivity index (χ2n) is 4.61. The monoisotopic (exact) mass is 273 g/mol. The van der Waals surface area contributed by atoms with Crippen LogP contribution in [0.15, 0.2) is 24.3 Å². The molecule has 0 aliphatic carbocycles. The zero-order chi connectivity index (χ0) is 13.4. The molecule has 0 saturated carbocycles. The third kappa shape index (κ3) is 1.98. The molecule has 0 aliphatic heterocycles. The molecular weight excluding hydrogens is 258 g/mol. The van der Waals surface area contributed by atoms with Crippen LogP contribution in [0.2, 0.25) is 0 Å². The van der Waals surface area contributed by atoms with Crippen LogP contribution in [0, 0.1) is 0 Å². The lowest BCUT2D eigenvalue weighted by Gasteiger charge is -2.04. The summed E-state index contributed by atoms with van der Waals surface area (Å²) < 4.78 is 1.84. The first-order valence-corrected chi connectivity index (χ1v) is 7.01. The Morgan fingerprint density at radius 3 is 2.74 bits per heavy atom. The van der Waals surface area contributed by atoms with E-state index in [0.29, 0.717) is 5.92 Å². The zero-order valence-electron chi connectivity index (χ0n) is 11.1. The number of aromatic nitrogens is 4. The quantitative estimate of drug-likeness (QED) is 0.797. The molecule has 1 N–H and O–H groups in total. The first-order valence-electron chi connectivity index (χ1n) is 6.20. The predicted octanol–water partition coefficient (Wildman–Crippen LogP) is 3.02. The van der Waals surface area contributed by atoms with Gasteiger partial charge in [0.1, 0.15) is 5.01 Å². The van der Waals surface area contributed by atoms with E-state index < -0.39 is 0 Å². The molecule has 0 aliphatic rings. The number of hydrogen-bond acceptors (Lipinski definition) is 5. The Hall–Kier alpha value is -1.95. The van der Waals surface area contributed by atoms with Crippen molar-refractivity contribution in [3.8, 4) is 10.6 Å². The van der Waals surface area contributed by atoms with Gasteiger partial charge in [0.25, 0.3) is 0 Å². The van der Waals surface area contributed by atoms with Crippen molar-refractivity contribution in [3.63, 3.8) is 0 Å². The van der Waals surface area contributed by atoms with Crippen molar-refractivity contribution in [2.24, 2.45) is 0 Å². The standard InChI is InChI=1S/C13H15N5S/c1-8(2)11-15-16-13-18(11)17-12(19-13)9-6-4-5-7-10(9)14-3/h4-8,14H,1-3H3. The number of benzene rings is 1. The number of nitrogens with one attached hydrogen (secondary N) is 1. The fraction of sp³-hybridized carbons (Fsp3) is 0.308. The highest BCUT2D eigenvalue weighted by Crippen LogP contribution is 2.31. The Morgan fingerprint density at radius 1 is 1.21 bits per heavy atom. The van der Waals surface area contributed by atoms with Gasteiger partial charge in [-0.25, -0.2) is 0 Å². The average molecular weight is 273 g/mol. The van der Waals surface area contributed by atoms with Crippen molar-refractivity contribution in [1.29, 1.82) is 0 Å². The van der Waals surface area contributed by atoms with Crippen molar-refractivity contribution in [2.75, 3.05) is 12.4 Å². The minimum atomic E-state index is 0.310. The summed E-state index contributed by atoms with van der Waals surface area (Å²) in [5.74, 6) is 1.21. The van der Waals surface area contributed by atoms with Gasteiger partial charge in [-0.2, -0.15) is 9.61 Å². The molecule has 0 radical (unpaired) electrons. The molecule has 2 heterocycles. The van der Waals surface area contributed by atoms with Gasteiger partial charge in [-0.05, 0) is 12.1 Å². The highest BCUT2D eigenvalue weighted by molar-refractivity contribution is 7.19. The molecule has 0 saturated heterocycles. The van der Waals surface area contributed by atoms with Crippen molar-refractivity contribution in [2.45, 2.75) is 19.8 Å². The minimum absolute atomic E-state index is 0.310. The van der Waals surface area contributed by atoms with Crippen LogP contribution in [0.1, 0.15) is 25.6 Å². The van der Waals surface area contributed by atoms with Crippen LogP contribution in [0.3, 0.4) is 0 Å². The molecular formula is C13H15N5S. The lowest BCUT2D eigenvalue weighted by molar-refractivity contribution is 0.727. The topological polar surface area (TPSA) is 55.1 Å². The van der Waals surface area contributed by atoms with E-state index in [1.807, 2.05) is 29.8 Å². The molecule has 0 unspecified atom stereocenters. The highest BCUT2D eigenvalue weighted by atomic mass is 32.1. The SMILES string of the molecule is CNc1ccccc1-c1nn2c(C(C)C)nnc2s1. The van der Waals surface area contributed by atoms with Crippen LogP contribution in [-0.4, -0.2) is 26.9 Å². The zero-order valence-corrected chi connectivity index (χ0v) is 11.9. The molecule has 5 nitrogen and oxygen atoms in total. The summed E-state index contributed by atoms with van der Waals surface area (Å²) in [5, 5.41) is 17.2. The van der Waals surface area contributed by atoms with E-state index in [9.17, 15) is 0 Å². The van der Waals surface area contributed by atoms with Crippen molar-refractivity contribution in [1.82, 2.24) is 19.8 Å². The highest BCUT2D eigenvalue weighted by Gasteiger charge is 2.16. The molecule has 6 heteroatoms. The van der Waals surface area contributed by atoms with Crippen LogP contribution < -0.4 is 5.32 Å². The van der Waals surface area contributed by atoms with Crippen LogP contribution in [0.4, 0.5) is 5.69 Å². The fourth-order valence-electron chi connectivity index (χ4n) is 1.99. The van der Waals surface area contributed by atoms with E-state index in [2.05, 4.69) is 40.5 Å². The molecule has 19 heavy (non-hydrogen) atoms. The second-order valence-corrected chi connectivity index (χ2v) is 5.57. The average Bonchev–Trinajstić information content (AvgIpc) is 2.97. The lowest BCUT2D eigenvalue weighted by atomic mass is 10.2. The summed E-state index contributed by atoms with van der Waals surface area (Å²) in [4.78, 5) is 0.838. The van der Waals surface area contributed by atoms with E-state index >= 15 is 0 Å². The fourth-order valence-corrected chi connectivity index (χ4v) is 2.87. The smallest absolute Gasteiger partial charge is 0.234 e. The number of anilines is 1. The first kappa shape index (κ1) is 12.1. The van der Waals surface area contributed by atoms with Crippen molar-refractivity contribution in [3.05, 3.63) is 30.1 Å². The van der Waals surface area contributed by atoms with Gasteiger partial charge in [-0.3, -0.25) is 0 Å². The van der Waals surface area contributed by atoms with Gasteiger partial charge < -0.3 is 5.32 Å². The van der Waals surface area contributed by atoms with Crippen LogP contribution >= 0.6 is 11.3 Å². The number of para-hydroxylation sites is 1. The van der Waals surface area contributed by atoms with Gasteiger partial charge in [0.15, 0.2) is 5.82 Å². The van der Waals surface area contributed by atoms with Crippen LogP contribution in [0.5, 0.6) is 0 Å². The Balaban J connectivity index is 2.16. The molecule has 3 aromatic rings. The summed E-state index contributed by atoms with van der Waals surface area (Å²) in [7, 11) is 1.92. The summed E-state index contributed by atoms with van der Waals surface area (Å²) in [6.45, 7) is 4.19. The molecule has 0 bridgehead atoms. The largest absolute Gasteiger partial charge is 0.388 e. The van der Waals surface area contributed by atoms with E-state index in [1.54, 1.807) is 11.3 Å². The van der Waals surface area contributed by atoms with Crippen molar-refractivity contribution >= 4 is 22.0 Å². The maximum Gasteiger partial charge on any atom is 0.234 e. The molecule has 1 aromatic carbocycles. The third-order valence-electron chi connectivity index (χ3n) is 2.96. The summed E-state index contributed by atoms with van der Waals surface area (Å²) >= 11 is 1.56. The number of rotatable bonds is 3. The van der Waals surface area contributed by atoms with Crippen LogP contribution in [0.25, 0.3) is 15.5 Å². The van der Waals surface area contributed by atoms with Gasteiger partial charge >= 0.3 is 0 Å². The van der Waals surface area contributed by atoms with E-state index in [-0.39, 0.29) is 0 Å². The van der Waals surface area contributed by atoms with Gasteiger partial charge in [0.2, 0.25) is 4.96 Å². The number of hydrogen-bond donors (Lipinski definition) is 1. The Kier molecular flexibility index (Phi) is 2.94. The molecule has 0 fully saturated rings. The molecule has 0 spiro atoms. The Labute approximate surface area is 115 Å². The normalized spacial score (nSPS) is 11.4. The molecule has 2 aromatic heterocycles. The minimum Gasteiger partial charge on any atom is -0.388 e. The van der Waals surface area contributed by atoms with Gasteiger partial charge in [-0.15, -0.1) is 10.2 Å². The Morgan fingerprint density at radius 2 is 2.00 bits per heavy atom. The van der Waals surface area contributed by atoms with Gasteiger partial charge in [0, 0.05) is 24.2 Å². The predicted molar refractivity (Wildman–Crippen MR) is 77.7 cm³/mol. The molecule has 3 rings (SSSR count). The molecule has 98 valence electrons. The lowest BCUT2D eigenvalue weighted by Crippen LogP contribution is -1.98. The van der Waals surface area contributed by atoms with E-state index in [1.165, 1.54) is 0 Å². The molecule has 0 atom stereocenters.